The highest BCUT2D eigenvalue weighted by molar-refractivity contribution is 5.78. The summed E-state index contributed by atoms with van der Waals surface area (Å²) in [5.74, 6) is -0.165. The third-order valence-corrected chi connectivity index (χ3v) is 5.94. The molecule has 162 valence electrons. The molecule has 4 heterocycles. The van der Waals surface area contributed by atoms with Crippen molar-refractivity contribution in [2.24, 2.45) is 0 Å². The molecule has 0 radical (unpaired) electrons. The Labute approximate surface area is 177 Å². The highest BCUT2D eigenvalue weighted by atomic mass is 19.1. The molecule has 1 N–H and O–H groups in total. The van der Waals surface area contributed by atoms with E-state index in [0.29, 0.717) is 42.4 Å². The zero-order valence-corrected chi connectivity index (χ0v) is 17.6. The molecule has 0 saturated carbocycles. The Bertz CT molecular complexity index is 1200. The molecule has 0 atom stereocenters. The highest BCUT2D eigenvalue weighted by Crippen LogP contribution is 2.42. The van der Waals surface area contributed by atoms with Gasteiger partial charge in [-0.15, -0.1) is 10.2 Å². The molecular weight excluding hydrogens is 404 g/mol. The van der Waals surface area contributed by atoms with E-state index in [1.54, 1.807) is 27.3 Å². The maximum absolute atomic E-state index is 15.7. The minimum Gasteiger partial charge on any atom is -0.371 e. The predicted octanol–water partition coefficient (Wildman–Crippen LogP) is 3.00. The Hall–Kier alpha value is -3.30. The van der Waals surface area contributed by atoms with Crippen LogP contribution in [0.5, 0.6) is 0 Å². The molecule has 0 bridgehead atoms. The third-order valence-electron chi connectivity index (χ3n) is 5.94. The molecule has 5 rings (SSSR count). The summed E-state index contributed by atoms with van der Waals surface area (Å²) in [6.07, 6.45) is 4.49. The van der Waals surface area contributed by atoms with E-state index < -0.39 is 17.2 Å². The van der Waals surface area contributed by atoms with Crippen LogP contribution in [-0.2, 0) is 16.9 Å². The number of aryl methyl sites for hydroxylation is 1. The lowest BCUT2D eigenvalue weighted by Crippen LogP contribution is -2.36. The van der Waals surface area contributed by atoms with Gasteiger partial charge in [0.25, 0.3) is 0 Å². The van der Waals surface area contributed by atoms with Crippen LogP contribution >= 0.6 is 0 Å². The van der Waals surface area contributed by atoms with Crippen molar-refractivity contribution in [3.8, 4) is 16.8 Å². The van der Waals surface area contributed by atoms with E-state index >= 15 is 8.78 Å². The molecular formula is C21H23F2N7O. The van der Waals surface area contributed by atoms with Crippen molar-refractivity contribution in [1.82, 2.24) is 29.4 Å². The fourth-order valence-corrected chi connectivity index (χ4v) is 4.39. The van der Waals surface area contributed by atoms with Gasteiger partial charge in [-0.05, 0) is 27.2 Å². The van der Waals surface area contributed by atoms with Gasteiger partial charge in [-0.1, -0.05) is 0 Å². The van der Waals surface area contributed by atoms with Crippen molar-refractivity contribution in [2.75, 3.05) is 18.4 Å². The van der Waals surface area contributed by atoms with Gasteiger partial charge in [0.15, 0.2) is 11.6 Å². The number of anilines is 1. The van der Waals surface area contributed by atoms with Gasteiger partial charge in [0.1, 0.15) is 17.3 Å². The molecule has 1 saturated heterocycles. The maximum Gasteiger partial charge on any atom is 0.222 e. The van der Waals surface area contributed by atoms with Crippen LogP contribution in [0.4, 0.5) is 14.5 Å². The Balaban J connectivity index is 1.52. The maximum atomic E-state index is 15.7. The summed E-state index contributed by atoms with van der Waals surface area (Å²) in [5, 5.41) is 15.7. The van der Waals surface area contributed by atoms with Crippen LogP contribution in [0.1, 0.15) is 38.3 Å². The van der Waals surface area contributed by atoms with Gasteiger partial charge in [0, 0.05) is 37.3 Å². The Morgan fingerprint density at radius 2 is 2.03 bits per heavy atom. The molecule has 0 aliphatic carbocycles. The summed E-state index contributed by atoms with van der Waals surface area (Å²) in [5.41, 5.74) is 0.0974. The number of fused-ring (bicyclic) bond motifs is 3. The molecule has 1 amide bonds. The van der Waals surface area contributed by atoms with Gasteiger partial charge >= 0.3 is 0 Å². The first kappa shape index (κ1) is 19.7. The molecule has 2 aliphatic heterocycles. The smallest absolute Gasteiger partial charge is 0.222 e. The van der Waals surface area contributed by atoms with Crippen LogP contribution in [0.3, 0.4) is 0 Å². The predicted molar refractivity (Wildman–Crippen MR) is 110 cm³/mol. The van der Waals surface area contributed by atoms with Crippen LogP contribution in [-0.4, -0.2) is 48.4 Å². The number of aromatic nitrogens is 5. The summed E-state index contributed by atoms with van der Waals surface area (Å²) in [4.78, 5) is 13.6. The van der Waals surface area contributed by atoms with Gasteiger partial charge < -0.3 is 10.2 Å². The van der Waals surface area contributed by atoms with Gasteiger partial charge in [-0.3, -0.25) is 14.0 Å². The first-order valence-electron chi connectivity index (χ1n) is 10.3. The minimum absolute atomic E-state index is 0.134. The highest BCUT2D eigenvalue weighted by Gasteiger charge is 2.37. The molecule has 10 heteroatoms. The summed E-state index contributed by atoms with van der Waals surface area (Å²) < 4.78 is 34.0. The third kappa shape index (κ3) is 3.08. The lowest BCUT2D eigenvalue weighted by molar-refractivity contribution is -0.127. The van der Waals surface area contributed by atoms with Crippen molar-refractivity contribution in [3.05, 3.63) is 41.7 Å². The molecule has 0 unspecified atom stereocenters. The van der Waals surface area contributed by atoms with E-state index in [0.717, 1.165) is 13.0 Å². The second-order valence-corrected chi connectivity index (χ2v) is 8.58. The van der Waals surface area contributed by atoms with E-state index in [1.165, 1.54) is 12.3 Å². The minimum atomic E-state index is -0.698. The number of nitrogens with one attached hydrogen (secondary N) is 1. The first-order valence-corrected chi connectivity index (χ1v) is 10.3. The summed E-state index contributed by atoms with van der Waals surface area (Å²) in [6.45, 7) is 7.23. The average molecular weight is 427 g/mol. The van der Waals surface area contributed by atoms with Crippen LogP contribution in [0, 0.1) is 18.6 Å². The number of carbonyl (C=O) groups is 1. The lowest BCUT2D eigenvalue weighted by atomic mass is 9.97. The van der Waals surface area contributed by atoms with E-state index in [9.17, 15) is 4.79 Å². The molecule has 31 heavy (non-hydrogen) atoms. The van der Waals surface area contributed by atoms with Crippen LogP contribution in [0.2, 0.25) is 0 Å². The molecule has 0 spiro atoms. The van der Waals surface area contributed by atoms with Gasteiger partial charge in [0.2, 0.25) is 5.91 Å². The number of likely N-dealkylation sites (tertiary alicyclic amines) is 1. The topological polar surface area (TPSA) is 80.9 Å². The van der Waals surface area contributed by atoms with E-state index in [2.05, 4.69) is 20.6 Å². The summed E-state index contributed by atoms with van der Waals surface area (Å²) in [6, 6.07) is 1.30. The molecule has 1 fully saturated rings. The SMILES string of the molecule is Cc1nnc2n1-c1c(cc(F)c(-c3cnn(CCN4CCCC4=O)c3)c1F)NC2(C)C. The number of halogens is 2. The number of benzene rings is 1. The zero-order chi connectivity index (χ0) is 21.9. The van der Waals surface area contributed by atoms with Gasteiger partial charge in [-0.25, -0.2) is 8.78 Å². The van der Waals surface area contributed by atoms with Crippen LogP contribution in [0.15, 0.2) is 18.5 Å². The van der Waals surface area contributed by atoms with E-state index in [4.69, 9.17) is 0 Å². The summed E-state index contributed by atoms with van der Waals surface area (Å²) in [7, 11) is 0. The fraction of sp³-hybridized carbons (Fsp3) is 0.429. The summed E-state index contributed by atoms with van der Waals surface area (Å²) >= 11 is 0. The molecule has 2 aliphatic rings. The van der Waals surface area contributed by atoms with Crippen LogP contribution < -0.4 is 5.32 Å². The Morgan fingerprint density at radius 1 is 1.23 bits per heavy atom. The van der Waals surface area contributed by atoms with Crippen LogP contribution in [0.25, 0.3) is 16.8 Å². The van der Waals surface area contributed by atoms with Crippen molar-refractivity contribution in [3.63, 3.8) is 0 Å². The second kappa shape index (κ2) is 6.86. The van der Waals surface area contributed by atoms with Crippen molar-refractivity contribution >= 4 is 11.6 Å². The number of rotatable bonds is 4. The largest absolute Gasteiger partial charge is 0.371 e. The number of hydrogen-bond donors (Lipinski definition) is 1. The standard InChI is InChI=1S/C21H23F2N7O/c1-12-26-27-20-21(2,3)25-15-9-14(22)17(18(23)19(15)30(12)20)13-10-24-29(11-13)8-7-28-6-4-5-16(28)31/h9-11,25H,4-8H2,1-3H3. The number of carbonyl (C=O) groups excluding carboxylic acids is 1. The number of hydrogen-bond acceptors (Lipinski definition) is 5. The molecule has 3 aromatic rings. The zero-order valence-electron chi connectivity index (χ0n) is 17.6. The van der Waals surface area contributed by atoms with Crippen molar-refractivity contribution in [2.45, 2.75) is 45.7 Å². The number of nitrogens with zero attached hydrogens (tertiary/aromatic N) is 6. The Morgan fingerprint density at radius 3 is 2.77 bits per heavy atom. The lowest BCUT2D eigenvalue weighted by Gasteiger charge is -2.34. The molecule has 2 aromatic heterocycles. The number of amides is 1. The van der Waals surface area contributed by atoms with E-state index in [-0.39, 0.29) is 17.2 Å². The van der Waals surface area contributed by atoms with Crippen molar-refractivity contribution in [1.29, 1.82) is 0 Å². The average Bonchev–Trinajstić information content (AvgIpc) is 3.41. The van der Waals surface area contributed by atoms with E-state index in [1.807, 2.05) is 13.8 Å². The van der Waals surface area contributed by atoms with Gasteiger partial charge in [0.05, 0.1) is 29.5 Å². The first-order chi connectivity index (χ1) is 14.8. The molecule has 8 nitrogen and oxygen atoms in total. The van der Waals surface area contributed by atoms with Crippen molar-refractivity contribution < 1.29 is 13.6 Å². The quantitative estimate of drug-likeness (QED) is 0.692. The normalized spacial score (nSPS) is 16.9. The second-order valence-electron chi connectivity index (χ2n) is 8.58. The fourth-order valence-electron chi connectivity index (χ4n) is 4.39. The van der Waals surface area contributed by atoms with Gasteiger partial charge in [-0.2, -0.15) is 5.10 Å². The molecule has 1 aromatic carbocycles. The monoisotopic (exact) mass is 427 g/mol. The Kier molecular flexibility index (Phi) is 4.35.